The Labute approximate surface area is 485 Å². The normalized spacial score (nSPS) is 40.6. The molecule has 39 heteroatoms. The van der Waals surface area contributed by atoms with Crippen LogP contribution in [0.2, 0.25) is 0 Å². The van der Waals surface area contributed by atoms with Gasteiger partial charge < -0.3 is 161 Å². The molecule has 0 radical (unpaired) electrons. The van der Waals surface area contributed by atoms with Crippen molar-refractivity contribution in [3.63, 3.8) is 0 Å². The van der Waals surface area contributed by atoms with Crippen molar-refractivity contribution < 1.29 is 173 Å². The van der Waals surface area contributed by atoms with E-state index in [9.17, 15) is 131 Å². The number of aliphatic hydroxyl groups excluding tert-OH is 16. The van der Waals surface area contributed by atoms with Crippen LogP contribution in [0.3, 0.4) is 0 Å². The number of carboxylic acid groups (broad SMARTS) is 3. The summed E-state index contributed by atoms with van der Waals surface area (Å²) >= 11 is 0. The Kier molecular flexibility index (Phi) is 24.9. The first-order valence-electron chi connectivity index (χ1n) is 26.5. The number of aliphatic hydroxyl groups is 16. The molecule has 28 atom stereocenters. The molecule has 5 aliphatic rings. The number of carbonyl (C=O) groups excluding carboxylic acids is 4. The Morgan fingerprint density at radius 1 is 0.500 bits per heavy atom. The van der Waals surface area contributed by atoms with Gasteiger partial charge in [0.15, 0.2) is 12.6 Å². The van der Waals surface area contributed by atoms with Crippen molar-refractivity contribution in [2.75, 3.05) is 33.0 Å². The van der Waals surface area contributed by atoms with E-state index in [-0.39, 0.29) is 0 Å². The second-order valence-corrected chi connectivity index (χ2v) is 21.2. The van der Waals surface area contributed by atoms with Crippen molar-refractivity contribution in [2.24, 2.45) is 0 Å². The zero-order chi connectivity index (χ0) is 64.8. The third-order valence-corrected chi connectivity index (χ3v) is 14.9. The van der Waals surface area contributed by atoms with E-state index in [2.05, 4.69) is 21.3 Å². The van der Waals surface area contributed by atoms with Crippen LogP contribution in [0, 0.1) is 0 Å². The van der Waals surface area contributed by atoms with Gasteiger partial charge >= 0.3 is 17.9 Å². The van der Waals surface area contributed by atoms with Crippen molar-refractivity contribution >= 4 is 41.5 Å². The number of ether oxygens (including phenoxy) is 9. The number of hydrogen-bond donors (Lipinski definition) is 23. The largest absolute Gasteiger partial charge is 0.477 e. The van der Waals surface area contributed by atoms with Crippen LogP contribution < -0.4 is 21.3 Å². The van der Waals surface area contributed by atoms with Gasteiger partial charge in [-0.25, -0.2) is 14.4 Å². The van der Waals surface area contributed by atoms with E-state index in [1.54, 1.807) is 0 Å². The van der Waals surface area contributed by atoms with Crippen LogP contribution in [-0.2, 0) is 76.2 Å². The van der Waals surface area contributed by atoms with Crippen LogP contribution in [0.25, 0.3) is 0 Å². The number of amides is 4. The van der Waals surface area contributed by atoms with Gasteiger partial charge in [-0.3, -0.25) is 19.2 Å². The monoisotopic (exact) mass is 1260 g/mol. The Balaban J connectivity index is 1.46. The highest BCUT2D eigenvalue weighted by atomic mass is 16.8. The summed E-state index contributed by atoms with van der Waals surface area (Å²) in [7, 11) is 0. The number of nitrogens with one attached hydrogen (secondary N) is 4. The Morgan fingerprint density at radius 2 is 0.895 bits per heavy atom. The van der Waals surface area contributed by atoms with E-state index < -0.39 is 264 Å². The number of hydrogen-bond acceptors (Lipinski definition) is 32. The van der Waals surface area contributed by atoms with E-state index in [1.165, 1.54) is 0 Å². The molecule has 4 amide bonds. The summed E-state index contributed by atoms with van der Waals surface area (Å²) in [6.07, 6.45) is -51.1. The first-order valence-corrected chi connectivity index (χ1v) is 26.5. The minimum Gasteiger partial charge on any atom is -0.477 e. The highest BCUT2D eigenvalue weighted by Gasteiger charge is 2.63. The Hall–Kier alpha value is -4.71. The molecule has 0 bridgehead atoms. The maximum Gasteiger partial charge on any atom is 0.364 e. The molecule has 0 spiro atoms. The first-order chi connectivity index (χ1) is 40.1. The van der Waals surface area contributed by atoms with Gasteiger partial charge in [-0.05, 0) is 0 Å². The third kappa shape index (κ3) is 15.8. The fourth-order valence-electron chi connectivity index (χ4n) is 10.6. The summed E-state index contributed by atoms with van der Waals surface area (Å²) in [5, 5.41) is 215. The zero-order valence-electron chi connectivity index (χ0n) is 46.1. The van der Waals surface area contributed by atoms with Crippen molar-refractivity contribution in [2.45, 2.75) is 217 Å². The molecule has 5 saturated heterocycles. The van der Waals surface area contributed by atoms with E-state index in [0.717, 1.165) is 27.7 Å². The van der Waals surface area contributed by atoms with Crippen LogP contribution >= 0.6 is 0 Å². The van der Waals surface area contributed by atoms with Gasteiger partial charge in [0.1, 0.15) is 104 Å². The Morgan fingerprint density at radius 3 is 1.31 bits per heavy atom. The average Bonchev–Trinajstić information content (AvgIpc) is 1.06. The van der Waals surface area contributed by atoms with E-state index in [4.69, 9.17) is 42.6 Å². The lowest BCUT2D eigenvalue weighted by Gasteiger charge is -2.51. The maximum atomic E-state index is 13.3. The topological polar surface area (TPSA) is 635 Å². The summed E-state index contributed by atoms with van der Waals surface area (Å²) in [5.74, 6) is -20.0. The molecule has 86 heavy (non-hydrogen) atoms. The minimum absolute atomic E-state index is 0.862. The van der Waals surface area contributed by atoms with Crippen LogP contribution in [-0.4, -0.2) is 342 Å². The second-order valence-electron chi connectivity index (χ2n) is 21.2. The molecule has 0 aliphatic carbocycles. The summed E-state index contributed by atoms with van der Waals surface area (Å²) in [4.78, 5) is 88.5. The summed E-state index contributed by atoms with van der Waals surface area (Å²) in [6.45, 7) is -2.66. The van der Waals surface area contributed by atoms with Crippen molar-refractivity contribution in [1.29, 1.82) is 0 Å². The molecular weight excluding hydrogens is 1180 g/mol. The predicted molar refractivity (Wildman–Crippen MR) is 265 cm³/mol. The average molecular weight is 1260 g/mol. The summed E-state index contributed by atoms with van der Waals surface area (Å²) < 4.78 is 50.8. The molecule has 0 aromatic heterocycles. The van der Waals surface area contributed by atoms with Crippen molar-refractivity contribution in [3.8, 4) is 0 Å². The molecule has 39 nitrogen and oxygen atoms in total. The zero-order valence-corrected chi connectivity index (χ0v) is 46.1. The van der Waals surface area contributed by atoms with Gasteiger partial charge in [0, 0.05) is 47.0 Å². The lowest BCUT2D eigenvalue weighted by molar-refractivity contribution is -0.382. The standard InChI is InChI=1S/C47H76N4O35/c1-13(56)48-25-18(61)6-46(43(74)75,84-36(25)29(65)20(63)8-52)82-23(11-55)32(68)38-27(50-15(3)58)17(60)5-45(83-38,42(72)73)78-12-24-33(69)35(28(40(71)79-24)51-16(4)59)81-41-34(70)39(31(67)22(10-54)80-41)86-47(44(76)77)7-19(62)26(49-14(2)57)37(85-47)30(66)21(64)9-53/h17-41,52-55,60-71H,5-12H2,1-4H3,(H,48,56)(H,49,57)(H,50,58)(H,51,59)(H,72,73)(H,74,75)(H,76,77)/t17-,18-,19-,20+,21+,22+,23+,24+,25+,26+,27+,28+,29+,30+,31-,32+,33-,34+,35+,36+,37+,38+,39-,40?,41-,45+,46+,47-/m0/s1. The van der Waals surface area contributed by atoms with Gasteiger partial charge in [-0.2, -0.15) is 0 Å². The minimum atomic E-state index is -3.30. The fraction of sp³-hybridized carbons (Fsp3) is 0.851. The highest BCUT2D eigenvalue weighted by Crippen LogP contribution is 2.41. The molecule has 23 N–H and O–H groups in total. The van der Waals surface area contributed by atoms with Crippen LogP contribution in [0.15, 0.2) is 0 Å². The van der Waals surface area contributed by atoms with Crippen LogP contribution in [0.4, 0.5) is 0 Å². The number of aliphatic carboxylic acids is 3. The number of carbonyl (C=O) groups is 7. The maximum absolute atomic E-state index is 13.3. The van der Waals surface area contributed by atoms with Gasteiger partial charge in [0.2, 0.25) is 23.6 Å². The third-order valence-electron chi connectivity index (χ3n) is 14.9. The molecule has 5 rings (SSSR count). The lowest BCUT2D eigenvalue weighted by Crippen LogP contribution is -2.71. The molecule has 1 unspecified atom stereocenters. The molecule has 5 fully saturated rings. The van der Waals surface area contributed by atoms with Gasteiger partial charge in [0.25, 0.3) is 17.4 Å². The first kappa shape index (κ1) is 72.0. The summed E-state index contributed by atoms with van der Waals surface area (Å²) in [5.41, 5.74) is 0. The molecule has 494 valence electrons. The molecule has 0 saturated carbocycles. The molecule has 0 aromatic rings. The quantitative estimate of drug-likeness (QED) is 0.0382. The van der Waals surface area contributed by atoms with Gasteiger partial charge in [0.05, 0.1) is 69.5 Å². The van der Waals surface area contributed by atoms with Crippen LogP contribution in [0.1, 0.15) is 47.0 Å². The van der Waals surface area contributed by atoms with Gasteiger partial charge in [-0.1, -0.05) is 0 Å². The fourth-order valence-corrected chi connectivity index (χ4v) is 10.6. The smallest absolute Gasteiger partial charge is 0.364 e. The lowest BCUT2D eigenvalue weighted by atomic mass is 9.87. The summed E-state index contributed by atoms with van der Waals surface area (Å²) in [6, 6.07) is -7.33. The molecule has 5 heterocycles. The highest BCUT2D eigenvalue weighted by molar-refractivity contribution is 5.78. The van der Waals surface area contributed by atoms with Gasteiger partial charge in [-0.15, -0.1) is 0 Å². The predicted octanol–water partition coefficient (Wildman–Crippen LogP) is -13.7. The molecule has 0 aromatic carbocycles. The van der Waals surface area contributed by atoms with Crippen molar-refractivity contribution in [1.82, 2.24) is 21.3 Å². The van der Waals surface area contributed by atoms with E-state index in [1.807, 2.05) is 0 Å². The number of carboxylic acids is 3. The Bertz CT molecular complexity index is 2350. The van der Waals surface area contributed by atoms with Crippen molar-refractivity contribution in [3.05, 3.63) is 0 Å². The second kappa shape index (κ2) is 29.7. The van der Waals surface area contributed by atoms with E-state index >= 15 is 0 Å². The molecular formula is C47H76N4O35. The van der Waals surface area contributed by atoms with E-state index in [0.29, 0.717) is 0 Å². The van der Waals surface area contributed by atoms with Crippen LogP contribution in [0.5, 0.6) is 0 Å². The number of rotatable bonds is 26. The SMILES string of the molecule is CC(=O)N[C@H]1[C@H]([C@H](O)[C@H](O)CO)O[C@@](O[C@H](CO)[C@@H](O)[C@@H]2O[C@@](OC[C@H]3OC(O)[C@H](NC(C)=O)[C@@H](O[C@@H]4O[C@H](CO)[C@H](O)[C@H](O[C@]5(C(=O)O)C[C@H](O)[C@@H](NC(C)=O)[C@H]([C@H](O)[C@H](O)CO)O5)[C@H]4O)[C@H]3O)(C(=O)O)C[C@H](O)[C@H]2NC(C)=O)(C(=O)O)C[C@@H]1O. The molecule has 5 aliphatic heterocycles.